The zero-order valence-corrected chi connectivity index (χ0v) is 19.4. The van der Waals surface area contributed by atoms with Gasteiger partial charge in [0.05, 0.1) is 25.9 Å². The van der Waals surface area contributed by atoms with Crippen molar-refractivity contribution in [3.8, 4) is 11.5 Å². The van der Waals surface area contributed by atoms with Crippen LogP contribution in [0, 0.1) is 0 Å². The van der Waals surface area contributed by atoms with Crippen LogP contribution in [0.15, 0.2) is 42.5 Å². The first-order chi connectivity index (χ1) is 15.5. The Balaban J connectivity index is 1.72. The zero-order chi connectivity index (χ0) is 23.1. The molecule has 0 saturated heterocycles. The first-order valence-electron chi connectivity index (χ1n) is 11.1. The lowest BCUT2D eigenvalue weighted by Gasteiger charge is -2.36. The van der Waals surface area contributed by atoms with Crippen LogP contribution in [0.1, 0.15) is 43.9 Å². The Morgan fingerprint density at radius 3 is 2.66 bits per heavy atom. The summed E-state index contributed by atoms with van der Waals surface area (Å²) >= 11 is 0. The first-order valence-corrected chi connectivity index (χ1v) is 11.1. The van der Waals surface area contributed by atoms with Gasteiger partial charge >= 0.3 is 6.03 Å². The predicted molar refractivity (Wildman–Crippen MR) is 125 cm³/mol. The quantitative estimate of drug-likeness (QED) is 0.658. The fraction of sp³-hybridized carbons (Fsp3) is 0.440. The maximum Gasteiger partial charge on any atom is 0.322 e. The lowest BCUT2D eigenvalue weighted by atomic mass is 9.93. The molecule has 172 valence electrons. The first kappa shape index (κ1) is 23.4. The second kappa shape index (κ2) is 10.9. The number of fused-ring (bicyclic) bond motifs is 1. The summed E-state index contributed by atoms with van der Waals surface area (Å²) in [7, 11) is 3.11. The molecule has 0 aromatic heterocycles. The molecular weight excluding hydrogens is 406 g/mol. The molecule has 1 aliphatic rings. The van der Waals surface area contributed by atoms with E-state index in [2.05, 4.69) is 31.3 Å². The molecular formula is C25H33N3O4. The standard InChI is InChI=1S/C25H33N3O4/c1-5-6-14-27(25(30)26-22-12-11-20(31-3)16-23(22)32-4)17-24(29)28-15-13-19-9-7-8-10-21(19)18(28)2/h7-12,16,18H,5-6,13-15,17H2,1-4H3,(H,26,30). The molecule has 2 aromatic carbocycles. The predicted octanol–water partition coefficient (Wildman–Crippen LogP) is 4.48. The van der Waals surface area contributed by atoms with Crippen LogP contribution < -0.4 is 14.8 Å². The summed E-state index contributed by atoms with van der Waals surface area (Å²) in [5.41, 5.74) is 3.00. The van der Waals surface area contributed by atoms with Gasteiger partial charge in [-0.2, -0.15) is 0 Å². The number of nitrogens with zero attached hydrogens (tertiary/aromatic N) is 2. The molecule has 1 heterocycles. The Morgan fingerprint density at radius 1 is 1.16 bits per heavy atom. The van der Waals surface area contributed by atoms with Crippen LogP contribution >= 0.6 is 0 Å². The topological polar surface area (TPSA) is 71.1 Å². The zero-order valence-electron chi connectivity index (χ0n) is 19.4. The van der Waals surface area contributed by atoms with Gasteiger partial charge in [-0.15, -0.1) is 0 Å². The molecule has 1 aliphatic heterocycles. The fourth-order valence-corrected chi connectivity index (χ4v) is 4.06. The van der Waals surface area contributed by atoms with Crippen molar-refractivity contribution in [3.05, 3.63) is 53.6 Å². The molecule has 0 bridgehead atoms. The van der Waals surface area contributed by atoms with Crippen molar-refractivity contribution >= 4 is 17.6 Å². The molecule has 0 saturated carbocycles. The molecule has 1 unspecified atom stereocenters. The van der Waals surface area contributed by atoms with Gasteiger partial charge in [0, 0.05) is 19.2 Å². The molecule has 0 fully saturated rings. The van der Waals surface area contributed by atoms with Crippen molar-refractivity contribution in [1.82, 2.24) is 9.80 Å². The van der Waals surface area contributed by atoms with Crippen LogP contribution in [-0.2, 0) is 11.2 Å². The number of carbonyl (C=O) groups excluding carboxylic acids is 2. The van der Waals surface area contributed by atoms with E-state index in [4.69, 9.17) is 9.47 Å². The van der Waals surface area contributed by atoms with Gasteiger partial charge in [0.15, 0.2) is 0 Å². The Bertz CT molecular complexity index is 947. The summed E-state index contributed by atoms with van der Waals surface area (Å²) in [6, 6.07) is 13.1. The number of carbonyl (C=O) groups is 2. The summed E-state index contributed by atoms with van der Waals surface area (Å²) in [6.07, 6.45) is 2.58. The minimum atomic E-state index is -0.319. The maximum atomic E-state index is 13.2. The summed E-state index contributed by atoms with van der Waals surface area (Å²) in [5.74, 6) is 1.10. The Morgan fingerprint density at radius 2 is 1.94 bits per heavy atom. The maximum absolute atomic E-state index is 13.2. The number of rotatable bonds is 8. The normalized spacial score (nSPS) is 15.0. The second-order valence-corrected chi connectivity index (χ2v) is 7.98. The molecule has 1 N–H and O–H groups in total. The molecule has 7 nitrogen and oxygen atoms in total. The monoisotopic (exact) mass is 439 g/mol. The average molecular weight is 440 g/mol. The molecule has 32 heavy (non-hydrogen) atoms. The molecule has 3 rings (SSSR count). The van der Waals surface area contributed by atoms with E-state index in [1.807, 2.05) is 17.0 Å². The minimum absolute atomic E-state index is 0.00906. The number of urea groups is 1. The number of benzene rings is 2. The molecule has 0 radical (unpaired) electrons. The highest BCUT2D eigenvalue weighted by atomic mass is 16.5. The molecule has 0 aliphatic carbocycles. The van der Waals surface area contributed by atoms with Gasteiger partial charge in [-0.05, 0) is 43.0 Å². The van der Waals surface area contributed by atoms with Gasteiger partial charge in [0.25, 0.3) is 0 Å². The lowest BCUT2D eigenvalue weighted by molar-refractivity contribution is -0.134. The van der Waals surface area contributed by atoms with Gasteiger partial charge in [-0.25, -0.2) is 4.79 Å². The largest absolute Gasteiger partial charge is 0.497 e. The van der Waals surface area contributed by atoms with Crippen molar-refractivity contribution in [3.63, 3.8) is 0 Å². The van der Waals surface area contributed by atoms with E-state index < -0.39 is 0 Å². The highest BCUT2D eigenvalue weighted by molar-refractivity contribution is 5.93. The average Bonchev–Trinajstić information content (AvgIpc) is 2.82. The van der Waals surface area contributed by atoms with E-state index in [1.54, 1.807) is 37.3 Å². The fourth-order valence-electron chi connectivity index (χ4n) is 4.06. The smallest absolute Gasteiger partial charge is 0.322 e. The van der Waals surface area contributed by atoms with Crippen molar-refractivity contribution in [2.75, 3.05) is 39.2 Å². The van der Waals surface area contributed by atoms with Crippen LogP contribution in [-0.4, -0.2) is 55.6 Å². The molecule has 3 amide bonds. The van der Waals surface area contributed by atoms with Crippen molar-refractivity contribution < 1.29 is 19.1 Å². The lowest BCUT2D eigenvalue weighted by Crippen LogP contribution is -2.47. The van der Waals surface area contributed by atoms with E-state index in [-0.39, 0.29) is 24.5 Å². The number of unbranched alkanes of at least 4 members (excludes halogenated alkanes) is 1. The molecule has 2 aromatic rings. The SMILES string of the molecule is CCCCN(CC(=O)N1CCc2ccccc2C1C)C(=O)Nc1ccc(OC)cc1OC. The third-order valence-electron chi connectivity index (χ3n) is 5.96. The van der Waals surface area contributed by atoms with Gasteiger partial charge < -0.3 is 24.6 Å². The highest BCUT2D eigenvalue weighted by Gasteiger charge is 2.29. The molecule has 0 spiro atoms. The number of amides is 3. The van der Waals surface area contributed by atoms with Crippen LogP contribution in [0.4, 0.5) is 10.5 Å². The number of anilines is 1. The Labute approximate surface area is 190 Å². The summed E-state index contributed by atoms with van der Waals surface area (Å²) in [6.45, 7) is 5.32. The number of hydrogen-bond donors (Lipinski definition) is 1. The summed E-state index contributed by atoms with van der Waals surface area (Å²) < 4.78 is 10.6. The van der Waals surface area contributed by atoms with E-state index in [9.17, 15) is 9.59 Å². The van der Waals surface area contributed by atoms with Crippen LogP contribution in [0.2, 0.25) is 0 Å². The van der Waals surface area contributed by atoms with Crippen molar-refractivity contribution in [2.24, 2.45) is 0 Å². The van der Waals surface area contributed by atoms with Gasteiger partial charge in [0.1, 0.15) is 18.0 Å². The van der Waals surface area contributed by atoms with Crippen LogP contribution in [0.5, 0.6) is 11.5 Å². The van der Waals surface area contributed by atoms with E-state index in [1.165, 1.54) is 11.1 Å². The minimum Gasteiger partial charge on any atom is -0.497 e. The van der Waals surface area contributed by atoms with Gasteiger partial charge in [-0.1, -0.05) is 37.6 Å². The van der Waals surface area contributed by atoms with Crippen molar-refractivity contribution in [1.29, 1.82) is 0 Å². The van der Waals surface area contributed by atoms with Crippen LogP contribution in [0.25, 0.3) is 0 Å². The summed E-state index contributed by atoms with van der Waals surface area (Å²) in [5, 5.41) is 2.89. The van der Waals surface area contributed by atoms with Gasteiger partial charge in [0.2, 0.25) is 5.91 Å². The number of nitrogens with one attached hydrogen (secondary N) is 1. The van der Waals surface area contributed by atoms with Gasteiger partial charge in [-0.3, -0.25) is 4.79 Å². The number of ether oxygens (including phenoxy) is 2. The van der Waals surface area contributed by atoms with Crippen molar-refractivity contribution in [2.45, 2.75) is 39.2 Å². The van der Waals surface area contributed by atoms with E-state index in [0.717, 1.165) is 19.3 Å². The number of hydrogen-bond acceptors (Lipinski definition) is 4. The summed E-state index contributed by atoms with van der Waals surface area (Å²) in [4.78, 5) is 29.8. The molecule has 1 atom stereocenters. The Kier molecular flexibility index (Phi) is 7.98. The van der Waals surface area contributed by atoms with E-state index in [0.29, 0.717) is 30.3 Å². The van der Waals surface area contributed by atoms with E-state index >= 15 is 0 Å². The molecule has 7 heteroatoms. The highest BCUT2D eigenvalue weighted by Crippen LogP contribution is 2.30. The van der Waals surface area contributed by atoms with Crippen LogP contribution in [0.3, 0.4) is 0 Å². The number of methoxy groups -OCH3 is 2. The third-order valence-corrected chi connectivity index (χ3v) is 5.96. The Hall–Kier alpha value is -3.22. The second-order valence-electron chi connectivity index (χ2n) is 7.98. The third kappa shape index (κ3) is 5.33.